The number of rotatable bonds is 7. The molecule has 0 aromatic heterocycles. The highest BCUT2D eigenvalue weighted by Crippen LogP contribution is 2.24. The summed E-state index contributed by atoms with van der Waals surface area (Å²) in [7, 11) is 1.85. The maximum atomic E-state index is 13.0. The van der Waals surface area contributed by atoms with Gasteiger partial charge in [0.15, 0.2) is 0 Å². The molecule has 29 heavy (non-hydrogen) atoms. The molecule has 1 rings (SSSR count). The number of allylic oxidation sites excluding steroid dienone is 2. The molecule has 1 heterocycles. The van der Waals surface area contributed by atoms with E-state index in [1.165, 1.54) is 11.8 Å². The molecule has 162 valence electrons. The van der Waals surface area contributed by atoms with E-state index in [0.717, 1.165) is 12.8 Å². The number of carbonyl (C=O) groups excluding carboxylic acids is 2. The topological polar surface area (TPSA) is 73.6 Å². The zero-order valence-electron chi connectivity index (χ0n) is 18.6. The smallest absolute Gasteiger partial charge is 0.410 e. The number of amides is 2. The summed E-state index contributed by atoms with van der Waals surface area (Å²) in [5.74, 6) is 0.0396. The van der Waals surface area contributed by atoms with Crippen LogP contribution in [0, 0.1) is 17.2 Å². The van der Waals surface area contributed by atoms with E-state index in [-0.39, 0.29) is 24.0 Å². The van der Waals surface area contributed by atoms with E-state index in [2.05, 4.69) is 13.0 Å². The van der Waals surface area contributed by atoms with Crippen LogP contribution in [-0.4, -0.2) is 53.6 Å². The van der Waals surface area contributed by atoms with E-state index in [1.807, 2.05) is 51.1 Å². The first-order valence-corrected chi connectivity index (χ1v) is 11.1. The van der Waals surface area contributed by atoms with Crippen molar-refractivity contribution >= 4 is 23.8 Å². The van der Waals surface area contributed by atoms with Gasteiger partial charge in [-0.2, -0.15) is 5.26 Å². The molecule has 6 nitrogen and oxygen atoms in total. The minimum absolute atomic E-state index is 0.000634. The van der Waals surface area contributed by atoms with Crippen LogP contribution in [0.5, 0.6) is 0 Å². The molecule has 0 aromatic rings. The van der Waals surface area contributed by atoms with Gasteiger partial charge in [0.1, 0.15) is 11.7 Å². The van der Waals surface area contributed by atoms with Crippen molar-refractivity contribution in [2.24, 2.45) is 5.92 Å². The normalized spacial score (nSPS) is 17.1. The van der Waals surface area contributed by atoms with Crippen molar-refractivity contribution in [3.63, 3.8) is 0 Å². The Hall–Kier alpha value is -1.94. The number of ether oxygens (including phenoxy) is 1. The van der Waals surface area contributed by atoms with Gasteiger partial charge in [-0.25, -0.2) is 4.79 Å². The molecule has 1 aliphatic heterocycles. The first-order chi connectivity index (χ1) is 13.6. The standard InChI is InChI=1S/C22H35N3O3S/c1-7-9-18(12-15-29-19(8-2)16-23)24(6)20(26)17-10-13-25(14-11-17)21(27)28-22(3,4)5/h8,12,15,17-18H,7,9-11,13-14H2,1-6H3/b15-12+,19-8-/t18-/m0/s1. The first-order valence-electron chi connectivity index (χ1n) is 10.3. The summed E-state index contributed by atoms with van der Waals surface area (Å²) in [4.78, 5) is 29.4. The van der Waals surface area contributed by atoms with Crippen LogP contribution in [-0.2, 0) is 9.53 Å². The monoisotopic (exact) mass is 421 g/mol. The minimum atomic E-state index is -0.514. The average Bonchev–Trinajstić information content (AvgIpc) is 2.68. The molecule has 0 radical (unpaired) electrons. The lowest BCUT2D eigenvalue weighted by Gasteiger charge is -2.35. The van der Waals surface area contributed by atoms with Gasteiger partial charge in [0.2, 0.25) is 5.91 Å². The first kappa shape index (κ1) is 25.1. The molecular weight excluding hydrogens is 386 g/mol. The molecule has 2 amide bonds. The van der Waals surface area contributed by atoms with Crippen molar-refractivity contribution in [3.8, 4) is 6.07 Å². The second kappa shape index (κ2) is 11.9. The fourth-order valence-corrected chi connectivity index (χ4v) is 3.76. The number of nitriles is 1. The van der Waals surface area contributed by atoms with Gasteiger partial charge in [-0.15, -0.1) is 0 Å². The Morgan fingerprint density at radius 2 is 1.97 bits per heavy atom. The van der Waals surface area contributed by atoms with Crippen molar-refractivity contribution in [1.82, 2.24) is 9.80 Å². The molecule has 1 aliphatic rings. The summed E-state index contributed by atoms with van der Waals surface area (Å²) in [5.41, 5.74) is -0.514. The van der Waals surface area contributed by atoms with Crippen LogP contribution in [0.4, 0.5) is 4.79 Å². The lowest BCUT2D eigenvalue weighted by molar-refractivity contribution is -0.137. The molecular formula is C22H35N3O3S. The van der Waals surface area contributed by atoms with E-state index in [1.54, 1.807) is 11.0 Å². The fraction of sp³-hybridized carbons (Fsp3) is 0.682. The van der Waals surface area contributed by atoms with Gasteiger partial charge in [-0.3, -0.25) is 4.79 Å². The predicted octanol–water partition coefficient (Wildman–Crippen LogP) is 4.93. The maximum Gasteiger partial charge on any atom is 0.410 e. The maximum absolute atomic E-state index is 13.0. The van der Waals surface area contributed by atoms with Gasteiger partial charge in [0.25, 0.3) is 0 Å². The summed E-state index contributed by atoms with van der Waals surface area (Å²) in [6, 6.07) is 2.14. The van der Waals surface area contributed by atoms with Gasteiger partial charge < -0.3 is 14.5 Å². The number of thioether (sulfide) groups is 1. The van der Waals surface area contributed by atoms with Crippen molar-refractivity contribution in [3.05, 3.63) is 22.5 Å². The van der Waals surface area contributed by atoms with Gasteiger partial charge in [0, 0.05) is 26.1 Å². The Morgan fingerprint density at radius 1 is 1.34 bits per heavy atom. The number of piperidine rings is 1. The molecule has 1 fully saturated rings. The second-order valence-corrected chi connectivity index (χ2v) is 9.21. The number of hydrogen-bond donors (Lipinski definition) is 0. The lowest BCUT2D eigenvalue weighted by Crippen LogP contribution is -2.46. The highest BCUT2D eigenvalue weighted by atomic mass is 32.2. The number of carbonyl (C=O) groups is 2. The third-order valence-corrected chi connectivity index (χ3v) is 5.67. The summed E-state index contributed by atoms with van der Waals surface area (Å²) < 4.78 is 5.43. The second-order valence-electron chi connectivity index (χ2n) is 8.26. The van der Waals surface area contributed by atoms with E-state index in [9.17, 15) is 9.59 Å². The molecule has 0 N–H and O–H groups in total. The number of hydrogen-bond acceptors (Lipinski definition) is 5. The molecule has 7 heteroatoms. The quantitative estimate of drug-likeness (QED) is 0.545. The molecule has 1 atom stereocenters. The predicted molar refractivity (Wildman–Crippen MR) is 118 cm³/mol. The molecule has 0 spiro atoms. The van der Waals surface area contributed by atoms with E-state index in [0.29, 0.717) is 30.8 Å². The number of likely N-dealkylation sites (N-methyl/N-ethyl adjacent to an activating group) is 1. The van der Waals surface area contributed by atoms with Crippen LogP contribution in [0.15, 0.2) is 22.5 Å². The van der Waals surface area contributed by atoms with Crippen LogP contribution in [0.1, 0.15) is 60.3 Å². The average molecular weight is 422 g/mol. The van der Waals surface area contributed by atoms with Crippen molar-refractivity contribution < 1.29 is 14.3 Å². The van der Waals surface area contributed by atoms with Crippen LogP contribution in [0.25, 0.3) is 0 Å². The zero-order valence-corrected chi connectivity index (χ0v) is 19.4. The van der Waals surface area contributed by atoms with Gasteiger partial charge in [0.05, 0.1) is 10.9 Å². The van der Waals surface area contributed by atoms with Crippen LogP contribution >= 0.6 is 11.8 Å². The Labute approximate surface area is 179 Å². The van der Waals surface area contributed by atoms with Crippen LogP contribution in [0.3, 0.4) is 0 Å². The van der Waals surface area contributed by atoms with Crippen LogP contribution < -0.4 is 0 Å². The van der Waals surface area contributed by atoms with Crippen LogP contribution in [0.2, 0.25) is 0 Å². The van der Waals surface area contributed by atoms with Crippen molar-refractivity contribution in [2.45, 2.75) is 71.9 Å². The molecule has 0 bridgehead atoms. The Balaban J connectivity index is 2.66. The zero-order chi connectivity index (χ0) is 22.0. The fourth-order valence-electron chi connectivity index (χ4n) is 3.16. The van der Waals surface area contributed by atoms with Gasteiger partial charge in [-0.05, 0) is 52.4 Å². The van der Waals surface area contributed by atoms with E-state index >= 15 is 0 Å². The number of likely N-dealkylation sites (tertiary alicyclic amines) is 1. The molecule has 0 saturated carbocycles. The van der Waals surface area contributed by atoms with Gasteiger partial charge in [-0.1, -0.05) is 37.3 Å². The number of nitrogens with zero attached hydrogens (tertiary/aromatic N) is 3. The molecule has 0 aliphatic carbocycles. The molecule has 1 saturated heterocycles. The highest BCUT2D eigenvalue weighted by Gasteiger charge is 2.32. The SMILES string of the molecule is C/C=C(/C#N)S/C=C/[C@H](CCC)N(C)C(=O)C1CCN(C(=O)OC(C)(C)C)CC1. The molecule has 0 unspecified atom stereocenters. The Kier molecular flexibility index (Phi) is 10.3. The summed E-state index contributed by atoms with van der Waals surface area (Å²) >= 11 is 1.37. The van der Waals surface area contributed by atoms with Crippen molar-refractivity contribution in [2.75, 3.05) is 20.1 Å². The summed E-state index contributed by atoms with van der Waals surface area (Å²) in [6.45, 7) is 10.6. The third kappa shape index (κ3) is 8.53. The Bertz CT molecular complexity index is 653. The third-order valence-electron chi connectivity index (χ3n) is 4.79. The summed E-state index contributed by atoms with van der Waals surface area (Å²) in [6.07, 6.45) is 6.60. The van der Waals surface area contributed by atoms with E-state index < -0.39 is 5.60 Å². The Morgan fingerprint density at radius 3 is 2.45 bits per heavy atom. The van der Waals surface area contributed by atoms with E-state index in [4.69, 9.17) is 10.00 Å². The highest BCUT2D eigenvalue weighted by molar-refractivity contribution is 8.06. The van der Waals surface area contributed by atoms with Gasteiger partial charge >= 0.3 is 6.09 Å². The van der Waals surface area contributed by atoms with Crippen molar-refractivity contribution in [1.29, 1.82) is 5.26 Å². The lowest BCUT2D eigenvalue weighted by atomic mass is 9.94. The minimum Gasteiger partial charge on any atom is -0.444 e. The summed E-state index contributed by atoms with van der Waals surface area (Å²) in [5, 5.41) is 10.9. The largest absolute Gasteiger partial charge is 0.444 e. The molecule has 0 aromatic carbocycles.